The van der Waals surface area contributed by atoms with Crippen LogP contribution < -0.4 is 5.32 Å². The summed E-state index contributed by atoms with van der Waals surface area (Å²) < 4.78 is 5.73. The van der Waals surface area contributed by atoms with E-state index < -0.39 is 0 Å². The van der Waals surface area contributed by atoms with E-state index in [2.05, 4.69) is 10.2 Å². The minimum atomic E-state index is 0.186. The van der Waals surface area contributed by atoms with Gasteiger partial charge in [0.05, 0.1) is 12.5 Å². The third-order valence-electron chi connectivity index (χ3n) is 5.22. The van der Waals surface area contributed by atoms with E-state index in [1.165, 1.54) is 32.1 Å². The SMILES string of the molecule is O=C(CC1CCCCO1)N1CCCC1C1CCNCC1. The highest BCUT2D eigenvalue weighted by Gasteiger charge is 2.35. The predicted octanol–water partition coefficient (Wildman–Crippen LogP) is 1.94. The third-order valence-corrected chi connectivity index (χ3v) is 5.22. The van der Waals surface area contributed by atoms with Crippen LogP contribution in [0.1, 0.15) is 51.4 Å². The molecule has 3 fully saturated rings. The van der Waals surface area contributed by atoms with Crippen LogP contribution in [-0.2, 0) is 9.53 Å². The first kappa shape index (κ1) is 14.3. The fourth-order valence-electron chi connectivity index (χ4n) is 4.10. The van der Waals surface area contributed by atoms with Gasteiger partial charge in [-0.1, -0.05) is 0 Å². The van der Waals surface area contributed by atoms with E-state index in [1.54, 1.807) is 0 Å². The summed E-state index contributed by atoms with van der Waals surface area (Å²) in [7, 11) is 0. The number of amides is 1. The first-order valence-electron chi connectivity index (χ1n) is 8.46. The Morgan fingerprint density at radius 3 is 2.70 bits per heavy atom. The summed E-state index contributed by atoms with van der Waals surface area (Å²) in [5, 5.41) is 3.42. The van der Waals surface area contributed by atoms with E-state index in [0.29, 0.717) is 18.4 Å². The molecule has 2 unspecified atom stereocenters. The average Bonchev–Trinajstić information content (AvgIpc) is 2.99. The number of ether oxygens (including phenoxy) is 1. The standard InChI is InChI=1S/C16H28N2O2/c19-16(12-14-4-1-2-11-20-14)18-10-3-5-15(18)13-6-8-17-9-7-13/h13-15,17H,1-12H2. The highest BCUT2D eigenvalue weighted by molar-refractivity contribution is 5.77. The van der Waals surface area contributed by atoms with Crippen molar-refractivity contribution in [3.63, 3.8) is 0 Å². The number of hydrogen-bond donors (Lipinski definition) is 1. The zero-order valence-corrected chi connectivity index (χ0v) is 12.5. The lowest BCUT2D eigenvalue weighted by molar-refractivity contribution is -0.137. The molecule has 0 aromatic rings. The van der Waals surface area contributed by atoms with Crippen LogP contribution in [0.25, 0.3) is 0 Å². The van der Waals surface area contributed by atoms with E-state index in [9.17, 15) is 4.79 Å². The Kier molecular flexibility index (Phi) is 4.94. The summed E-state index contributed by atoms with van der Waals surface area (Å²) in [6, 6.07) is 0.508. The van der Waals surface area contributed by atoms with Crippen molar-refractivity contribution in [2.24, 2.45) is 5.92 Å². The molecule has 3 aliphatic heterocycles. The smallest absolute Gasteiger partial charge is 0.225 e. The summed E-state index contributed by atoms with van der Waals surface area (Å²) in [6.45, 7) is 4.06. The van der Waals surface area contributed by atoms with Crippen molar-refractivity contribution in [1.29, 1.82) is 0 Å². The summed E-state index contributed by atoms with van der Waals surface area (Å²) in [5.74, 6) is 1.06. The van der Waals surface area contributed by atoms with Gasteiger partial charge in [-0.05, 0) is 64.0 Å². The molecule has 1 N–H and O–H groups in total. The summed E-state index contributed by atoms with van der Waals surface area (Å²) in [4.78, 5) is 14.8. The van der Waals surface area contributed by atoms with Gasteiger partial charge >= 0.3 is 0 Å². The lowest BCUT2D eigenvalue weighted by atomic mass is 9.88. The van der Waals surface area contributed by atoms with Crippen molar-refractivity contribution < 1.29 is 9.53 Å². The molecule has 4 nitrogen and oxygen atoms in total. The number of carbonyl (C=O) groups is 1. The molecule has 3 rings (SSSR count). The molecule has 2 atom stereocenters. The van der Waals surface area contributed by atoms with Crippen LogP contribution in [0, 0.1) is 5.92 Å². The molecule has 3 aliphatic rings. The molecule has 1 amide bonds. The van der Waals surface area contributed by atoms with Crippen molar-refractivity contribution in [3.8, 4) is 0 Å². The fourth-order valence-corrected chi connectivity index (χ4v) is 4.10. The van der Waals surface area contributed by atoms with Gasteiger partial charge in [0.1, 0.15) is 0 Å². The zero-order valence-electron chi connectivity index (χ0n) is 12.5. The zero-order chi connectivity index (χ0) is 13.8. The molecule has 20 heavy (non-hydrogen) atoms. The van der Waals surface area contributed by atoms with Crippen molar-refractivity contribution in [2.75, 3.05) is 26.2 Å². The summed E-state index contributed by atoms with van der Waals surface area (Å²) >= 11 is 0. The van der Waals surface area contributed by atoms with Crippen LogP contribution >= 0.6 is 0 Å². The lowest BCUT2D eigenvalue weighted by Gasteiger charge is -2.35. The number of hydrogen-bond acceptors (Lipinski definition) is 3. The Hall–Kier alpha value is -0.610. The van der Waals surface area contributed by atoms with Gasteiger partial charge in [-0.15, -0.1) is 0 Å². The highest BCUT2D eigenvalue weighted by atomic mass is 16.5. The van der Waals surface area contributed by atoms with Crippen LogP contribution in [0.4, 0.5) is 0 Å². The minimum absolute atomic E-state index is 0.186. The van der Waals surface area contributed by atoms with E-state index in [-0.39, 0.29) is 6.10 Å². The molecule has 0 bridgehead atoms. The first-order valence-corrected chi connectivity index (χ1v) is 8.46. The maximum absolute atomic E-state index is 12.6. The molecule has 0 radical (unpaired) electrons. The van der Waals surface area contributed by atoms with Crippen molar-refractivity contribution in [2.45, 2.75) is 63.5 Å². The Morgan fingerprint density at radius 1 is 1.10 bits per heavy atom. The van der Waals surface area contributed by atoms with Gasteiger partial charge in [0.25, 0.3) is 0 Å². The second-order valence-electron chi connectivity index (χ2n) is 6.58. The van der Waals surface area contributed by atoms with Gasteiger partial charge in [-0.3, -0.25) is 4.79 Å². The minimum Gasteiger partial charge on any atom is -0.378 e. The molecule has 114 valence electrons. The van der Waals surface area contributed by atoms with Gasteiger partial charge in [-0.25, -0.2) is 0 Å². The number of carbonyl (C=O) groups excluding carboxylic acids is 1. The van der Waals surface area contributed by atoms with Crippen LogP contribution in [-0.4, -0.2) is 49.2 Å². The lowest BCUT2D eigenvalue weighted by Crippen LogP contribution is -2.44. The topological polar surface area (TPSA) is 41.6 Å². The van der Waals surface area contributed by atoms with Gasteiger partial charge in [0.15, 0.2) is 0 Å². The van der Waals surface area contributed by atoms with Crippen LogP contribution in [0.2, 0.25) is 0 Å². The second-order valence-corrected chi connectivity index (χ2v) is 6.58. The number of nitrogens with one attached hydrogen (secondary N) is 1. The fraction of sp³-hybridized carbons (Fsp3) is 0.938. The van der Waals surface area contributed by atoms with Gasteiger partial charge in [0, 0.05) is 19.2 Å². The van der Waals surface area contributed by atoms with Crippen molar-refractivity contribution >= 4 is 5.91 Å². The van der Waals surface area contributed by atoms with E-state index in [1.807, 2.05) is 0 Å². The predicted molar refractivity (Wildman–Crippen MR) is 78.5 cm³/mol. The normalized spacial score (nSPS) is 32.5. The molecule has 0 aromatic carbocycles. The molecule has 0 saturated carbocycles. The quantitative estimate of drug-likeness (QED) is 0.859. The number of likely N-dealkylation sites (tertiary alicyclic amines) is 1. The van der Waals surface area contributed by atoms with Gasteiger partial charge in [0.2, 0.25) is 5.91 Å². The maximum Gasteiger partial charge on any atom is 0.225 e. The molecule has 0 aromatic heterocycles. The number of rotatable bonds is 3. The van der Waals surface area contributed by atoms with Crippen LogP contribution in [0.3, 0.4) is 0 Å². The Bertz CT molecular complexity index is 322. The van der Waals surface area contributed by atoms with Gasteiger partial charge < -0.3 is 15.0 Å². The second kappa shape index (κ2) is 6.90. The third kappa shape index (κ3) is 3.34. The summed E-state index contributed by atoms with van der Waals surface area (Å²) in [6.07, 6.45) is 9.10. The molecule has 0 spiro atoms. The van der Waals surface area contributed by atoms with Crippen molar-refractivity contribution in [1.82, 2.24) is 10.2 Å². The molecule has 3 heterocycles. The van der Waals surface area contributed by atoms with E-state index in [0.717, 1.165) is 45.0 Å². The molecular formula is C16H28N2O2. The van der Waals surface area contributed by atoms with Crippen molar-refractivity contribution in [3.05, 3.63) is 0 Å². The van der Waals surface area contributed by atoms with E-state index >= 15 is 0 Å². The Labute approximate surface area is 122 Å². The molecular weight excluding hydrogens is 252 g/mol. The average molecular weight is 280 g/mol. The first-order chi connectivity index (χ1) is 9.84. The molecule has 4 heteroatoms. The van der Waals surface area contributed by atoms with E-state index in [4.69, 9.17) is 4.74 Å². The van der Waals surface area contributed by atoms with Crippen LogP contribution in [0.15, 0.2) is 0 Å². The number of nitrogens with zero attached hydrogens (tertiary/aromatic N) is 1. The summed E-state index contributed by atoms with van der Waals surface area (Å²) in [5.41, 5.74) is 0. The van der Waals surface area contributed by atoms with Gasteiger partial charge in [-0.2, -0.15) is 0 Å². The van der Waals surface area contributed by atoms with Crippen LogP contribution in [0.5, 0.6) is 0 Å². The number of piperidine rings is 1. The monoisotopic (exact) mass is 280 g/mol. The molecule has 3 saturated heterocycles. The Balaban J connectivity index is 1.55. The molecule has 0 aliphatic carbocycles. The maximum atomic E-state index is 12.6. The Morgan fingerprint density at radius 2 is 1.95 bits per heavy atom. The highest BCUT2D eigenvalue weighted by Crippen LogP contribution is 2.30. The largest absolute Gasteiger partial charge is 0.378 e.